The van der Waals surface area contributed by atoms with E-state index in [0.29, 0.717) is 0 Å². The molecule has 3 rings (SSSR count). The summed E-state index contributed by atoms with van der Waals surface area (Å²) in [6.07, 6.45) is 0. The van der Waals surface area contributed by atoms with Crippen LogP contribution in [0.25, 0.3) is 10.1 Å². The molecule has 0 spiro atoms. The van der Waals surface area contributed by atoms with E-state index < -0.39 is 0 Å². The number of aromatic nitrogens is 1. The summed E-state index contributed by atoms with van der Waals surface area (Å²) in [4.78, 5) is 12.4. The van der Waals surface area contributed by atoms with Crippen LogP contribution in [0.3, 0.4) is 0 Å². The highest BCUT2D eigenvalue weighted by molar-refractivity contribution is 7.13. The van der Waals surface area contributed by atoms with Gasteiger partial charge in [-0.25, -0.2) is 0 Å². The molecular formula is C15H14N2OS. The summed E-state index contributed by atoms with van der Waals surface area (Å²) >= 11 is 1.48. The van der Waals surface area contributed by atoms with E-state index in [2.05, 4.69) is 0 Å². The Morgan fingerprint density at radius 1 is 1.11 bits per heavy atom. The highest BCUT2D eigenvalue weighted by atomic mass is 32.1. The molecule has 0 fully saturated rings. The van der Waals surface area contributed by atoms with Crippen molar-refractivity contribution < 1.29 is 0 Å². The van der Waals surface area contributed by atoms with Crippen molar-refractivity contribution in [2.75, 3.05) is 5.73 Å². The summed E-state index contributed by atoms with van der Waals surface area (Å²) in [7, 11) is 0. The van der Waals surface area contributed by atoms with Crippen molar-refractivity contribution in [2.24, 2.45) is 0 Å². The number of hydrogen-bond acceptors (Lipinski definition) is 3. The summed E-state index contributed by atoms with van der Waals surface area (Å²) in [6.45, 7) is 2.00. The summed E-state index contributed by atoms with van der Waals surface area (Å²) < 4.78 is 2.80. The first-order valence-electron chi connectivity index (χ1n) is 6.13. The quantitative estimate of drug-likeness (QED) is 0.727. The van der Waals surface area contributed by atoms with Crippen LogP contribution in [0, 0.1) is 0 Å². The van der Waals surface area contributed by atoms with Crippen molar-refractivity contribution in [3.05, 3.63) is 64.4 Å². The predicted octanol–water partition coefficient (Wildman–Crippen LogP) is 3.25. The van der Waals surface area contributed by atoms with Crippen LogP contribution in [-0.2, 0) is 0 Å². The van der Waals surface area contributed by atoms with E-state index in [1.165, 1.54) is 11.5 Å². The largest absolute Gasteiger partial charge is 0.398 e. The van der Waals surface area contributed by atoms with Gasteiger partial charge in [-0.05, 0) is 30.7 Å². The van der Waals surface area contributed by atoms with Gasteiger partial charge < -0.3 is 5.73 Å². The maximum atomic E-state index is 12.4. The van der Waals surface area contributed by atoms with Gasteiger partial charge in [0.05, 0.1) is 16.1 Å². The molecule has 0 bridgehead atoms. The van der Waals surface area contributed by atoms with Gasteiger partial charge in [0.1, 0.15) is 0 Å². The third-order valence-electron chi connectivity index (χ3n) is 3.31. The third kappa shape index (κ3) is 1.94. The van der Waals surface area contributed by atoms with Crippen LogP contribution >= 0.6 is 11.5 Å². The molecule has 2 N–H and O–H groups in total. The fraction of sp³-hybridized carbons (Fsp3) is 0.133. The zero-order valence-corrected chi connectivity index (χ0v) is 11.4. The van der Waals surface area contributed by atoms with E-state index in [1.54, 1.807) is 3.96 Å². The molecule has 4 heteroatoms. The Kier molecular flexibility index (Phi) is 2.87. The first kappa shape index (κ1) is 12.0. The molecule has 1 heterocycles. The van der Waals surface area contributed by atoms with Gasteiger partial charge in [-0.15, -0.1) is 0 Å². The maximum Gasteiger partial charge on any atom is 0.269 e. The molecule has 2 aromatic carbocycles. The fourth-order valence-corrected chi connectivity index (χ4v) is 3.32. The molecule has 0 aliphatic carbocycles. The number of anilines is 1. The van der Waals surface area contributed by atoms with Crippen molar-refractivity contribution in [1.82, 2.24) is 3.96 Å². The number of para-hydroxylation sites is 1. The first-order chi connectivity index (χ1) is 9.18. The second-order valence-corrected chi connectivity index (χ2v) is 5.54. The van der Waals surface area contributed by atoms with Crippen molar-refractivity contribution in [3.63, 3.8) is 0 Å². The zero-order chi connectivity index (χ0) is 13.4. The lowest BCUT2D eigenvalue weighted by molar-refractivity contribution is 0.680. The molecule has 1 unspecified atom stereocenters. The maximum absolute atomic E-state index is 12.4. The van der Waals surface area contributed by atoms with Gasteiger partial charge in [-0.1, -0.05) is 41.9 Å². The van der Waals surface area contributed by atoms with Gasteiger partial charge >= 0.3 is 0 Å². The third-order valence-corrected chi connectivity index (χ3v) is 4.54. The van der Waals surface area contributed by atoms with Crippen LogP contribution in [0.5, 0.6) is 0 Å². The second-order valence-electron chi connectivity index (χ2n) is 4.52. The van der Waals surface area contributed by atoms with Crippen LogP contribution in [0.4, 0.5) is 5.69 Å². The summed E-state index contributed by atoms with van der Waals surface area (Å²) in [5.74, 6) is 0. The lowest BCUT2D eigenvalue weighted by Gasteiger charge is -2.14. The topological polar surface area (TPSA) is 48.0 Å². The van der Waals surface area contributed by atoms with E-state index in [-0.39, 0.29) is 11.6 Å². The standard InChI is InChI=1S/C15H14N2OS/c1-10(11-6-2-4-8-13(11)16)17-15(18)12-7-3-5-9-14(12)19-17/h2-10H,16H2,1H3. The molecule has 0 saturated heterocycles. The van der Waals surface area contributed by atoms with E-state index in [4.69, 9.17) is 5.73 Å². The first-order valence-corrected chi connectivity index (χ1v) is 6.91. The molecule has 1 atom stereocenters. The minimum Gasteiger partial charge on any atom is -0.398 e. The van der Waals surface area contributed by atoms with Gasteiger partial charge in [0, 0.05) is 5.69 Å². The molecule has 3 aromatic rings. The van der Waals surface area contributed by atoms with Crippen molar-refractivity contribution in [3.8, 4) is 0 Å². The van der Waals surface area contributed by atoms with E-state index in [0.717, 1.165) is 21.3 Å². The van der Waals surface area contributed by atoms with E-state index in [9.17, 15) is 4.79 Å². The zero-order valence-electron chi connectivity index (χ0n) is 10.5. The number of benzene rings is 2. The Labute approximate surface area is 115 Å². The Morgan fingerprint density at radius 2 is 1.79 bits per heavy atom. The minimum absolute atomic E-state index is 0.0499. The Hall–Kier alpha value is -2.07. The Bertz CT molecular complexity index is 788. The van der Waals surface area contributed by atoms with Gasteiger partial charge in [-0.2, -0.15) is 0 Å². The minimum atomic E-state index is -0.0499. The molecule has 0 aliphatic heterocycles. The lowest BCUT2D eigenvalue weighted by Crippen LogP contribution is -2.18. The molecule has 19 heavy (non-hydrogen) atoms. The van der Waals surface area contributed by atoms with Gasteiger partial charge in [0.15, 0.2) is 0 Å². The van der Waals surface area contributed by atoms with E-state index in [1.807, 2.05) is 55.5 Å². The lowest BCUT2D eigenvalue weighted by atomic mass is 10.1. The summed E-state index contributed by atoms with van der Waals surface area (Å²) in [5, 5.41) is 0.772. The molecule has 0 radical (unpaired) electrons. The molecule has 96 valence electrons. The van der Waals surface area contributed by atoms with Crippen molar-refractivity contribution in [2.45, 2.75) is 13.0 Å². The predicted molar refractivity (Wildman–Crippen MR) is 80.8 cm³/mol. The van der Waals surface area contributed by atoms with Crippen LogP contribution in [0.15, 0.2) is 53.3 Å². The molecule has 0 aliphatic rings. The number of hydrogen-bond donors (Lipinski definition) is 1. The normalized spacial score (nSPS) is 12.7. The summed E-state index contributed by atoms with van der Waals surface area (Å²) in [5.41, 5.74) is 7.75. The number of nitrogen functional groups attached to an aromatic ring is 1. The van der Waals surface area contributed by atoms with Gasteiger partial charge in [-0.3, -0.25) is 8.75 Å². The highest BCUT2D eigenvalue weighted by Gasteiger charge is 2.15. The number of rotatable bonds is 2. The fourth-order valence-electron chi connectivity index (χ4n) is 2.26. The van der Waals surface area contributed by atoms with E-state index >= 15 is 0 Å². The smallest absolute Gasteiger partial charge is 0.269 e. The average Bonchev–Trinajstić information content (AvgIpc) is 2.77. The molecule has 0 saturated carbocycles. The van der Waals surface area contributed by atoms with Gasteiger partial charge in [0.2, 0.25) is 0 Å². The number of nitrogens with zero attached hydrogens (tertiary/aromatic N) is 1. The number of fused-ring (bicyclic) bond motifs is 1. The van der Waals surface area contributed by atoms with Crippen molar-refractivity contribution in [1.29, 1.82) is 0 Å². The van der Waals surface area contributed by atoms with Gasteiger partial charge in [0.25, 0.3) is 5.56 Å². The second kappa shape index (κ2) is 4.55. The Morgan fingerprint density at radius 3 is 2.53 bits per heavy atom. The molecular weight excluding hydrogens is 256 g/mol. The Balaban J connectivity index is 2.17. The highest BCUT2D eigenvalue weighted by Crippen LogP contribution is 2.26. The molecule has 1 aromatic heterocycles. The van der Waals surface area contributed by atoms with Crippen LogP contribution in [-0.4, -0.2) is 3.96 Å². The van der Waals surface area contributed by atoms with Crippen molar-refractivity contribution >= 4 is 27.3 Å². The number of nitrogens with two attached hydrogens (primary N) is 1. The monoisotopic (exact) mass is 270 g/mol. The summed E-state index contributed by atoms with van der Waals surface area (Å²) in [6, 6.07) is 15.3. The SMILES string of the molecule is CC(c1ccccc1N)n1sc2ccccc2c1=O. The molecule has 3 nitrogen and oxygen atoms in total. The van der Waals surface area contributed by atoms with Crippen LogP contribution < -0.4 is 11.3 Å². The van der Waals surface area contributed by atoms with Crippen LogP contribution in [0.2, 0.25) is 0 Å². The average molecular weight is 270 g/mol. The molecule has 0 amide bonds. The van der Waals surface area contributed by atoms with Crippen LogP contribution in [0.1, 0.15) is 18.5 Å².